The van der Waals surface area contributed by atoms with Crippen LogP contribution in [-0.4, -0.2) is 53.2 Å². The molecule has 204 valence electrons. The minimum Gasteiger partial charge on any atom is -0.438 e. The Morgan fingerprint density at radius 1 is 1.16 bits per heavy atom. The van der Waals surface area contributed by atoms with Gasteiger partial charge in [-0.05, 0) is 74.3 Å². The minimum atomic E-state index is -1.76. The van der Waals surface area contributed by atoms with E-state index in [1.54, 1.807) is 0 Å². The maximum atomic E-state index is 14.7. The average molecular weight is 514 g/mol. The number of amides is 1. The molecule has 2 N–H and O–H groups in total. The molecule has 1 amide bonds. The number of hydrogen-bond donors (Lipinski definition) is 2. The third-order valence-electron chi connectivity index (χ3n) is 10.8. The van der Waals surface area contributed by atoms with Crippen LogP contribution in [0.15, 0.2) is 23.3 Å². The molecule has 6 rings (SSSR count). The second-order valence-corrected chi connectivity index (χ2v) is 13.8. The van der Waals surface area contributed by atoms with Crippen LogP contribution in [0.5, 0.6) is 0 Å². The predicted octanol–water partition coefficient (Wildman–Crippen LogP) is 4.68. The number of fused-ring (bicyclic) bond motifs is 5. The maximum absolute atomic E-state index is 14.7. The fraction of sp³-hybridized carbons (Fsp3) is 0.800. The summed E-state index contributed by atoms with van der Waals surface area (Å²) in [7, 11) is 0. The van der Waals surface area contributed by atoms with Crippen molar-refractivity contribution in [1.82, 2.24) is 5.32 Å². The van der Waals surface area contributed by atoms with E-state index < -0.39 is 35.1 Å². The number of ketones is 1. The third-order valence-corrected chi connectivity index (χ3v) is 10.8. The standard InChI is InChI=1S/C30H43NO6/c1-16-14-29-17(2)12-21-22(27(21,3)4)20(23(29)32)13-18-15-35-28(5,6)37-25(18)30(29,34)24(16)36-26(33)31-19-10-8-7-9-11-19/h13-14,17,19-22,24-25,34H,7-12,15H2,1-6H3,(H,31,33)/t17?,20-,21+,22-,24-,25+,29?,30+/m0/s1. The SMILES string of the molecule is CC1=CC23C(=O)[C@@H](C=C4COC(C)(C)O[C@H]4[C@]2(O)[C@H]1OC(=O)NC1CCCCC1)[C@H]1[C@@H](CC3C)C1(C)C. The lowest BCUT2D eigenvalue weighted by Gasteiger charge is -2.52. The number of ether oxygens (including phenoxy) is 3. The number of carbonyl (C=O) groups is 2. The van der Waals surface area contributed by atoms with Gasteiger partial charge < -0.3 is 24.6 Å². The van der Waals surface area contributed by atoms with Crippen LogP contribution in [0.2, 0.25) is 0 Å². The maximum Gasteiger partial charge on any atom is 0.408 e. The Morgan fingerprint density at radius 3 is 2.57 bits per heavy atom. The molecule has 0 aromatic heterocycles. The lowest BCUT2D eigenvalue weighted by Crippen LogP contribution is -2.68. The van der Waals surface area contributed by atoms with Crippen LogP contribution in [0.25, 0.3) is 0 Å². The number of Topliss-reactive ketones (excluding diaryl/α,β-unsaturated/α-hetero) is 1. The molecule has 2 bridgehead atoms. The van der Waals surface area contributed by atoms with Crippen molar-refractivity contribution in [1.29, 1.82) is 0 Å². The first kappa shape index (κ1) is 25.6. The Bertz CT molecular complexity index is 1070. The fourth-order valence-corrected chi connectivity index (χ4v) is 8.85. The summed E-state index contributed by atoms with van der Waals surface area (Å²) in [5.41, 5.74) is -1.42. The summed E-state index contributed by atoms with van der Waals surface area (Å²) in [5, 5.41) is 16.0. The lowest BCUT2D eigenvalue weighted by molar-refractivity contribution is -0.302. The second-order valence-electron chi connectivity index (χ2n) is 13.8. The van der Waals surface area contributed by atoms with Crippen LogP contribution >= 0.6 is 0 Å². The number of alkyl carbamates (subject to hydrolysis) is 1. The number of hydrogen-bond acceptors (Lipinski definition) is 6. The van der Waals surface area contributed by atoms with Crippen LogP contribution in [0.1, 0.15) is 80.1 Å². The Hall–Kier alpha value is -1.70. The summed E-state index contributed by atoms with van der Waals surface area (Å²) in [6.07, 6.45) is 7.68. The van der Waals surface area contributed by atoms with E-state index in [1.165, 1.54) is 6.42 Å². The lowest BCUT2D eigenvalue weighted by atomic mass is 9.59. The highest BCUT2D eigenvalue weighted by molar-refractivity contribution is 5.95. The Morgan fingerprint density at radius 2 is 1.86 bits per heavy atom. The van der Waals surface area contributed by atoms with Gasteiger partial charge in [0.2, 0.25) is 0 Å². The summed E-state index contributed by atoms with van der Waals surface area (Å²) in [5.74, 6) is -0.775. The number of aliphatic hydroxyl groups is 1. The second kappa shape index (κ2) is 8.15. The van der Waals surface area contributed by atoms with Gasteiger partial charge in [0.15, 0.2) is 23.3 Å². The van der Waals surface area contributed by atoms with Crippen molar-refractivity contribution in [3.63, 3.8) is 0 Å². The quantitative estimate of drug-likeness (QED) is 0.521. The molecule has 8 atom stereocenters. The molecular formula is C30H43NO6. The highest BCUT2D eigenvalue weighted by Crippen LogP contribution is 2.72. The van der Waals surface area contributed by atoms with Gasteiger partial charge in [0, 0.05) is 12.0 Å². The molecule has 3 saturated carbocycles. The van der Waals surface area contributed by atoms with Crippen LogP contribution in [0.4, 0.5) is 4.79 Å². The molecule has 1 saturated heterocycles. The van der Waals surface area contributed by atoms with E-state index in [2.05, 4.69) is 26.1 Å². The topological polar surface area (TPSA) is 94.1 Å². The van der Waals surface area contributed by atoms with Crippen molar-refractivity contribution in [2.75, 3.05) is 6.61 Å². The van der Waals surface area contributed by atoms with Gasteiger partial charge in [-0.2, -0.15) is 0 Å². The van der Waals surface area contributed by atoms with Crippen LogP contribution in [0, 0.1) is 34.5 Å². The molecule has 1 heterocycles. The van der Waals surface area contributed by atoms with E-state index in [4.69, 9.17) is 14.2 Å². The first-order chi connectivity index (χ1) is 17.3. The Balaban J connectivity index is 1.44. The van der Waals surface area contributed by atoms with Gasteiger partial charge in [-0.15, -0.1) is 0 Å². The molecule has 7 nitrogen and oxygen atoms in total. The van der Waals surface area contributed by atoms with E-state index in [-0.39, 0.29) is 41.6 Å². The van der Waals surface area contributed by atoms with Crippen molar-refractivity contribution in [2.45, 2.75) is 110 Å². The number of allylic oxidation sites excluding steroid dienone is 1. The van der Waals surface area contributed by atoms with Crippen molar-refractivity contribution >= 4 is 11.9 Å². The average Bonchev–Trinajstić information content (AvgIpc) is 3.32. The summed E-state index contributed by atoms with van der Waals surface area (Å²) in [4.78, 5) is 27.9. The smallest absolute Gasteiger partial charge is 0.408 e. The molecule has 0 aromatic carbocycles. The number of nitrogens with one attached hydrogen (secondary N) is 1. The third kappa shape index (κ3) is 3.49. The van der Waals surface area contributed by atoms with Crippen LogP contribution in [0.3, 0.4) is 0 Å². The molecule has 5 aliphatic carbocycles. The zero-order valence-electron chi connectivity index (χ0n) is 23.1. The molecule has 1 spiro atoms. The zero-order valence-corrected chi connectivity index (χ0v) is 23.1. The van der Waals surface area contributed by atoms with Crippen molar-refractivity contribution in [2.24, 2.45) is 34.5 Å². The molecule has 1 aliphatic heterocycles. The van der Waals surface area contributed by atoms with Gasteiger partial charge in [-0.25, -0.2) is 4.79 Å². The first-order valence-electron chi connectivity index (χ1n) is 14.3. The first-order valence-corrected chi connectivity index (χ1v) is 14.3. The number of rotatable bonds is 2. The molecule has 7 heteroatoms. The highest BCUT2D eigenvalue weighted by Gasteiger charge is 2.77. The van der Waals surface area contributed by atoms with Gasteiger partial charge in [0.1, 0.15) is 6.10 Å². The summed E-state index contributed by atoms with van der Waals surface area (Å²) >= 11 is 0. The van der Waals surface area contributed by atoms with Crippen molar-refractivity contribution < 1.29 is 28.9 Å². The molecule has 37 heavy (non-hydrogen) atoms. The van der Waals surface area contributed by atoms with Gasteiger partial charge in [-0.1, -0.05) is 52.2 Å². The molecule has 2 unspecified atom stereocenters. The number of carbonyl (C=O) groups excluding carboxylic acids is 2. The summed E-state index contributed by atoms with van der Waals surface area (Å²) < 4.78 is 18.6. The summed E-state index contributed by atoms with van der Waals surface area (Å²) in [6, 6.07) is 0.0792. The van der Waals surface area contributed by atoms with E-state index in [0.29, 0.717) is 11.5 Å². The van der Waals surface area contributed by atoms with Crippen LogP contribution in [-0.2, 0) is 19.0 Å². The Labute approximate surface area is 220 Å². The molecule has 0 radical (unpaired) electrons. The largest absolute Gasteiger partial charge is 0.438 e. The highest BCUT2D eigenvalue weighted by atomic mass is 16.7. The molecule has 6 aliphatic rings. The zero-order chi connectivity index (χ0) is 26.5. The van der Waals surface area contributed by atoms with E-state index >= 15 is 0 Å². The Kier molecular flexibility index (Phi) is 5.63. The molecule has 4 fully saturated rings. The predicted molar refractivity (Wildman–Crippen MR) is 137 cm³/mol. The van der Waals surface area contributed by atoms with Gasteiger partial charge >= 0.3 is 6.09 Å². The summed E-state index contributed by atoms with van der Waals surface area (Å²) in [6.45, 7) is 12.4. The van der Waals surface area contributed by atoms with Crippen LogP contribution < -0.4 is 5.32 Å². The normalized spacial score (nSPS) is 45.8. The minimum absolute atomic E-state index is 0.0296. The molecular weight excluding hydrogens is 470 g/mol. The fourth-order valence-electron chi connectivity index (χ4n) is 8.85. The van der Waals surface area contributed by atoms with Gasteiger partial charge in [0.25, 0.3) is 0 Å². The van der Waals surface area contributed by atoms with E-state index in [0.717, 1.165) is 37.7 Å². The van der Waals surface area contributed by atoms with Crippen molar-refractivity contribution in [3.8, 4) is 0 Å². The van der Waals surface area contributed by atoms with Gasteiger partial charge in [0.05, 0.1) is 12.0 Å². The van der Waals surface area contributed by atoms with Gasteiger partial charge in [-0.3, -0.25) is 4.79 Å². The monoisotopic (exact) mass is 513 g/mol. The van der Waals surface area contributed by atoms with Crippen molar-refractivity contribution in [3.05, 3.63) is 23.3 Å². The molecule has 0 aromatic rings. The van der Waals surface area contributed by atoms with E-state index in [9.17, 15) is 14.7 Å². The van der Waals surface area contributed by atoms with E-state index in [1.807, 2.05) is 32.9 Å².